The predicted octanol–water partition coefficient (Wildman–Crippen LogP) is 4.03. The molecule has 0 radical (unpaired) electrons. The van der Waals surface area contributed by atoms with Crippen LogP contribution in [-0.2, 0) is 6.61 Å². The number of hydrogen-bond donors (Lipinski definition) is 1. The van der Waals surface area contributed by atoms with E-state index >= 15 is 0 Å². The van der Waals surface area contributed by atoms with Crippen molar-refractivity contribution in [3.05, 3.63) is 52.1 Å². The van der Waals surface area contributed by atoms with Crippen molar-refractivity contribution in [3.8, 4) is 0 Å². The third-order valence-electron chi connectivity index (χ3n) is 2.11. The van der Waals surface area contributed by atoms with Gasteiger partial charge in [-0.25, -0.2) is 4.98 Å². The van der Waals surface area contributed by atoms with E-state index < -0.39 is 0 Å². The molecule has 0 amide bonds. The number of hydrogen-bond acceptors (Lipinski definition) is 3. The number of benzene rings is 1. The highest BCUT2D eigenvalue weighted by Gasteiger charge is 2.05. The highest BCUT2D eigenvalue weighted by atomic mass is 35.5. The van der Waals surface area contributed by atoms with E-state index in [0.29, 0.717) is 10.0 Å². The van der Waals surface area contributed by atoms with Crippen LogP contribution in [0.3, 0.4) is 0 Å². The fraction of sp³-hybridized carbons (Fsp3) is 0.0833. The second-order valence-corrected chi connectivity index (χ2v) is 5.26. The van der Waals surface area contributed by atoms with Gasteiger partial charge in [0.2, 0.25) is 0 Å². The SMILES string of the molecule is OCc1cc(Cl)ccc1Sc1ccc(Cl)cn1. The number of rotatable bonds is 3. The Morgan fingerprint density at radius 2 is 1.88 bits per heavy atom. The van der Waals surface area contributed by atoms with Gasteiger partial charge in [0, 0.05) is 16.1 Å². The maximum atomic E-state index is 9.25. The van der Waals surface area contributed by atoms with E-state index in [1.807, 2.05) is 12.1 Å². The molecule has 0 spiro atoms. The lowest BCUT2D eigenvalue weighted by Gasteiger charge is -2.06. The molecule has 2 rings (SSSR count). The number of aliphatic hydroxyl groups excluding tert-OH is 1. The summed E-state index contributed by atoms with van der Waals surface area (Å²) in [4.78, 5) is 5.12. The lowest BCUT2D eigenvalue weighted by atomic mass is 10.2. The van der Waals surface area contributed by atoms with Gasteiger partial charge in [0.05, 0.1) is 11.6 Å². The Hall–Kier alpha value is -0.740. The molecule has 0 aliphatic carbocycles. The zero-order valence-electron chi connectivity index (χ0n) is 8.73. The Morgan fingerprint density at radius 3 is 2.53 bits per heavy atom. The molecule has 17 heavy (non-hydrogen) atoms. The second kappa shape index (κ2) is 5.74. The minimum absolute atomic E-state index is 0.0452. The summed E-state index contributed by atoms with van der Waals surface area (Å²) in [5.41, 5.74) is 0.791. The Bertz CT molecular complexity index is 516. The molecule has 2 aromatic rings. The highest BCUT2D eigenvalue weighted by Crippen LogP contribution is 2.31. The number of halogens is 2. The van der Waals surface area contributed by atoms with E-state index in [9.17, 15) is 5.11 Å². The van der Waals surface area contributed by atoms with E-state index in [4.69, 9.17) is 23.2 Å². The van der Waals surface area contributed by atoms with Crippen LogP contribution in [0.1, 0.15) is 5.56 Å². The van der Waals surface area contributed by atoms with Crippen LogP contribution in [0.25, 0.3) is 0 Å². The largest absolute Gasteiger partial charge is 0.392 e. The van der Waals surface area contributed by atoms with Crippen molar-refractivity contribution in [1.29, 1.82) is 0 Å². The summed E-state index contributed by atoms with van der Waals surface area (Å²) in [5.74, 6) is 0. The van der Waals surface area contributed by atoms with Gasteiger partial charge in [-0.2, -0.15) is 0 Å². The Labute approximate surface area is 114 Å². The average Bonchev–Trinajstić information content (AvgIpc) is 2.34. The van der Waals surface area contributed by atoms with Gasteiger partial charge >= 0.3 is 0 Å². The smallest absolute Gasteiger partial charge is 0.101 e. The molecule has 0 unspecified atom stereocenters. The molecule has 0 aliphatic heterocycles. The topological polar surface area (TPSA) is 33.1 Å². The van der Waals surface area contributed by atoms with Crippen molar-refractivity contribution in [2.24, 2.45) is 0 Å². The minimum Gasteiger partial charge on any atom is -0.392 e. The van der Waals surface area contributed by atoms with Crippen LogP contribution >= 0.6 is 35.0 Å². The number of aromatic nitrogens is 1. The maximum Gasteiger partial charge on any atom is 0.101 e. The van der Waals surface area contributed by atoms with Gasteiger partial charge < -0.3 is 5.11 Å². The first-order valence-electron chi connectivity index (χ1n) is 4.88. The summed E-state index contributed by atoms with van der Waals surface area (Å²) in [6.07, 6.45) is 1.60. The molecule has 1 aromatic carbocycles. The van der Waals surface area contributed by atoms with Gasteiger partial charge in [-0.15, -0.1) is 0 Å². The molecule has 1 heterocycles. The summed E-state index contributed by atoms with van der Waals surface area (Å²) in [6.45, 7) is -0.0452. The van der Waals surface area contributed by atoms with Crippen molar-refractivity contribution in [1.82, 2.24) is 4.98 Å². The molecule has 1 N–H and O–H groups in total. The van der Waals surface area contributed by atoms with Crippen LogP contribution in [-0.4, -0.2) is 10.1 Å². The maximum absolute atomic E-state index is 9.25. The minimum atomic E-state index is -0.0452. The molecule has 1 aromatic heterocycles. The van der Waals surface area contributed by atoms with Gasteiger partial charge in [0.1, 0.15) is 5.03 Å². The van der Waals surface area contributed by atoms with E-state index in [0.717, 1.165) is 15.5 Å². The van der Waals surface area contributed by atoms with Crippen LogP contribution in [0.2, 0.25) is 10.0 Å². The monoisotopic (exact) mass is 285 g/mol. The van der Waals surface area contributed by atoms with Crippen LogP contribution in [0, 0.1) is 0 Å². The molecular formula is C12H9Cl2NOS. The summed E-state index contributed by atoms with van der Waals surface area (Å²) in [5, 5.41) is 11.3. The first-order valence-corrected chi connectivity index (χ1v) is 6.45. The molecule has 2 nitrogen and oxygen atoms in total. The van der Waals surface area contributed by atoms with Gasteiger partial charge in [0.25, 0.3) is 0 Å². The molecule has 88 valence electrons. The Morgan fingerprint density at radius 1 is 1.12 bits per heavy atom. The third-order valence-corrected chi connectivity index (χ3v) is 3.64. The predicted molar refractivity (Wildman–Crippen MR) is 70.7 cm³/mol. The van der Waals surface area contributed by atoms with Crippen LogP contribution in [0.4, 0.5) is 0 Å². The van der Waals surface area contributed by atoms with E-state index in [2.05, 4.69) is 4.98 Å². The first-order chi connectivity index (χ1) is 8.19. The zero-order valence-corrected chi connectivity index (χ0v) is 11.1. The molecule has 0 fully saturated rings. The lowest BCUT2D eigenvalue weighted by molar-refractivity contribution is 0.279. The van der Waals surface area contributed by atoms with Crippen molar-refractivity contribution >= 4 is 35.0 Å². The molecule has 0 aliphatic rings. The van der Waals surface area contributed by atoms with Gasteiger partial charge in [-0.1, -0.05) is 35.0 Å². The third kappa shape index (κ3) is 3.36. The van der Waals surface area contributed by atoms with Gasteiger partial charge in [-0.3, -0.25) is 0 Å². The molecule has 0 saturated heterocycles. The quantitative estimate of drug-likeness (QED) is 0.924. The second-order valence-electron chi connectivity index (χ2n) is 3.33. The fourth-order valence-electron chi connectivity index (χ4n) is 1.31. The van der Waals surface area contributed by atoms with Crippen molar-refractivity contribution in [2.75, 3.05) is 0 Å². The van der Waals surface area contributed by atoms with Gasteiger partial charge in [-0.05, 0) is 35.9 Å². The van der Waals surface area contributed by atoms with Gasteiger partial charge in [0.15, 0.2) is 0 Å². The highest BCUT2D eigenvalue weighted by molar-refractivity contribution is 7.99. The normalized spacial score (nSPS) is 10.5. The van der Waals surface area contributed by atoms with Crippen molar-refractivity contribution in [2.45, 2.75) is 16.5 Å². The lowest BCUT2D eigenvalue weighted by Crippen LogP contribution is -1.88. The average molecular weight is 286 g/mol. The fourth-order valence-corrected chi connectivity index (χ4v) is 2.47. The summed E-state index contributed by atoms with van der Waals surface area (Å²) in [6, 6.07) is 9.03. The van der Waals surface area contributed by atoms with Crippen molar-refractivity contribution < 1.29 is 5.11 Å². The molecule has 0 saturated carbocycles. The number of nitrogens with zero attached hydrogens (tertiary/aromatic N) is 1. The molecule has 0 bridgehead atoms. The Kier molecular flexibility index (Phi) is 4.29. The zero-order chi connectivity index (χ0) is 12.3. The van der Waals surface area contributed by atoms with Crippen LogP contribution in [0.5, 0.6) is 0 Å². The number of aliphatic hydroxyl groups is 1. The standard InChI is InChI=1S/C12H9Cl2NOS/c13-9-1-3-11(8(5-9)7-16)17-12-4-2-10(14)6-15-12/h1-6,16H,7H2. The summed E-state index contributed by atoms with van der Waals surface area (Å²) < 4.78 is 0. The van der Waals surface area contributed by atoms with E-state index in [1.54, 1.807) is 24.4 Å². The first kappa shape index (κ1) is 12.7. The molecule has 5 heteroatoms. The summed E-state index contributed by atoms with van der Waals surface area (Å²) in [7, 11) is 0. The summed E-state index contributed by atoms with van der Waals surface area (Å²) >= 11 is 13.1. The molecular weight excluding hydrogens is 277 g/mol. The van der Waals surface area contributed by atoms with E-state index in [-0.39, 0.29) is 6.61 Å². The van der Waals surface area contributed by atoms with E-state index in [1.165, 1.54) is 11.8 Å². The van der Waals surface area contributed by atoms with Crippen LogP contribution in [0.15, 0.2) is 46.5 Å². The van der Waals surface area contributed by atoms with Crippen LogP contribution < -0.4 is 0 Å². The molecule has 0 atom stereocenters. The van der Waals surface area contributed by atoms with Crippen molar-refractivity contribution in [3.63, 3.8) is 0 Å². The number of pyridine rings is 1. The Balaban J connectivity index is 2.26.